The maximum Gasteiger partial charge on any atom is 0.345 e. The second-order valence-corrected chi connectivity index (χ2v) is 7.10. The van der Waals surface area contributed by atoms with Crippen LogP contribution in [0.3, 0.4) is 0 Å². The molecule has 4 N–H and O–H groups in total. The summed E-state index contributed by atoms with van der Waals surface area (Å²) in [4.78, 5) is 19.2. The van der Waals surface area contributed by atoms with E-state index in [0.717, 1.165) is 27.8 Å². The van der Waals surface area contributed by atoms with E-state index in [1.54, 1.807) is 0 Å². The molecule has 0 saturated heterocycles. The molecule has 0 bridgehead atoms. The van der Waals surface area contributed by atoms with Crippen LogP contribution >= 0.6 is 0 Å². The molecule has 0 amide bonds. The molecule has 1 aliphatic carbocycles. The number of nitrogens with one attached hydrogen (secondary N) is 2. The Morgan fingerprint density at radius 2 is 2.00 bits per heavy atom. The van der Waals surface area contributed by atoms with Crippen LogP contribution in [-0.4, -0.2) is 26.8 Å². The van der Waals surface area contributed by atoms with Crippen LogP contribution in [0.25, 0.3) is 33.4 Å². The van der Waals surface area contributed by atoms with E-state index in [-0.39, 0.29) is 0 Å². The first-order valence-electron chi connectivity index (χ1n) is 9.25. The van der Waals surface area contributed by atoms with Gasteiger partial charge in [-0.2, -0.15) is 10.1 Å². The third-order valence-corrected chi connectivity index (χ3v) is 4.98. The number of aromatic amines is 2. The van der Waals surface area contributed by atoms with Crippen molar-refractivity contribution in [3.63, 3.8) is 0 Å². The van der Waals surface area contributed by atoms with Crippen molar-refractivity contribution in [1.29, 1.82) is 0 Å². The summed E-state index contributed by atoms with van der Waals surface area (Å²) in [7, 11) is 0. The number of ether oxygens (including phenoxy) is 1. The van der Waals surface area contributed by atoms with Gasteiger partial charge in [0, 0.05) is 16.5 Å². The van der Waals surface area contributed by atoms with Gasteiger partial charge in [-0.05, 0) is 49.1 Å². The van der Waals surface area contributed by atoms with Crippen molar-refractivity contribution in [3.05, 3.63) is 59.0 Å². The van der Waals surface area contributed by atoms with Gasteiger partial charge < -0.3 is 15.5 Å². The maximum absolute atomic E-state index is 12.3. The minimum atomic E-state index is -0.412. The Morgan fingerprint density at radius 1 is 1.14 bits per heavy atom. The molecule has 7 heteroatoms. The highest BCUT2D eigenvalue weighted by Crippen LogP contribution is 2.34. The molecule has 1 saturated carbocycles. The minimum Gasteiger partial charge on any atom is -0.493 e. The third kappa shape index (κ3) is 3.11. The molecule has 2 heterocycles. The Hall–Kier alpha value is -3.61. The van der Waals surface area contributed by atoms with E-state index < -0.39 is 5.69 Å². The highest BCUT2D eigenvalue weighted by atomic mass is 16.5. The average molecular weight is 373 g/mol. The number of hydrogen-bond donors (Lipinski definition) is 3. The van der Waals surface area contributed by atoms with Crippen LogP contribution in [0, 0.1) is 5.92 Å². The highest BCUT2D eigenvalue weighted by molar-refractivity contribution is 5.92. The molecule has 28 heavy (non-hydrogen) atoms. The van der Waals surface area contributed by atoms with Crippen LogP contribution < -0.4 is 16.2 Å². The van der Waals surface area contributed by atoms with Crippen LogP contribution in [-0.2, 0) is 0 Å². The zero-order valence-corrected chi connectivity index (χ0v) is 15.1. The Kier molecular flexibility index (Phi) is 3.86. The molecular formula is C21H19N5O2. The van der Waals surface area contributed by atoms with E-state index in [2.05, 4.69) is 20.2 Å². The van der Waals surface area contributed by atoms with Crippen LogP contribution in [0.15, 0.2) is 53.3 Å². The molecule has 4 aromatic rings. The summed E-state index contributed by atoms with van der Waals surface area (Å²) >= 11 is 0. The largest absolute Gasteiger partial charge is 0.493 e. The number of benzene rings is 2. The normalized spacial score (nSPS) is 13.7. The van der Waals surface area contributed by atoms with Gasteiger partial charge in [-0.1, -0.05) is 18.2 Å². The van der Waals surface area contributed by atoms with Crippen molar-refractivity contribution in [2.45, 2.75) is 12.8 Å². The number of anilines is 1. The van der Waals surface area contributed by atoms with E-state index in [1.807, 2.05) is 48.5 Å². The van der Waals surface area contributed by atoms with Crippen molar-refractivity contribution in [1.82, 2.24) is 20.2 Å². The number of hydrogen-bond acceptors (Lipinski definition) is 5. The van der Waals surface area contributed by atoms with Crippen LogP contribution in [0.2, 0.25) is 0 Å². The molecule has 5 rings (SSSR count). The molecule has 2 aromatic carbocycles. The molecule has 0 radical (unpaired) electrons. The van der Waals surface area contributed by atoms with Gasteiger partial charge >= 0.3 is 5.69 Å². The first kappa shape index (κ1) is 16.6. The lowest BCUT2D eigenvalue weighted by Crippen LogP contribution is -2.12. The SMILES string of the molecule is Nc1n[nH]c2ccc(-c3cc(-c4ccccc4OCC4CC4)[nH]c(=O)n3)cc12. The monoisotopic (exact) mass is 373 g/mol. The smallest absolute Gasteiger partial charge is 0.345 e. The van der Waals surface area contributed by atoms with Crippen molar-refractivity contribution in [3.8, 4) is 28.3 Å². The zero-order valence-electron chi connectivity index (χ0n) is 15.1. The summed E-state index contributed by atoms with van der Waals surface area (Å²) in [5, 5.41) is 7.68. The predicted molar refractivity (Wildman–Crippen MR) is 108 cm³/mol. The van der Waals surface area contributed by atoms with Crippen LogP contribution in [0.4, 0.5) is 5.82 Å². The van der Waals surface area contributed by atoms with Gasteiger partial charge in [-0.3, -0.25) is 5.10 Å². The van der Waals surface area contributed by atoms with E-state index in [1.165, 1.54) is 12.8 Å². The van der Waals surface area contributed by atoms with E-state index in [0.29, 0.717) is 29.7 Å². The van der Waals surface area contributed by atoms with Crippen molar-refractivity contribution in [2.75, 3.05) is 12.3 Å². The molecule has 7 nitrogen and oxygen atoms in total. The number of nitrogens with zero attached hydrogens (tertiary/aromatic N) is 2. The first-order chi connectivity index (χ1) is 13.7. The van der Waals surface area contributed by atoms with Gasteiger partial charge in [-0.25, -0.2) is 4.79 Å². The Bertz CT molecular complexity index is 1220. The topological polar surface area (TPSA) is 110 Å². The number of nitrogens with two attached hydrogens (primary N) is 1. The number of aromatic nitrogens is 4. The maximum atomic E-state index is 12.3. The lowest BCUT2D eigenvalue weighted by atomic mass is 10.1. The van der Waals surface area contributed by atoms with Crippen molar-refractivity contribution >= 4 is 16.7 Å². The molecule has 0 atom stereocenters. The Morgan fingerprint density at radius 3 is 2.86 bits per heavy atom. The summed E-state index contributed by atoms with van der Waals surface area (Å²) in [6.07, 6.45) is 2.44. The third-order valence-electron chi connectivity index (χ3n) is 4.98. The van der Waals surface area contributed by atoms with Gasteiger partial charge in [0.15, 0.2) is 5.82 Å². The van der Waals surface area contributed by atoms with Gasteiger partial charge in [0.05, 0.1) is 23.5 Å². The number of fused-ring (bicyclic) bond motifs is 1. The van der Waals surface area contributed by atoms with Crippen molar-refractivity contribution < 1.29 is 4.74 Å². The van der Waals surface area contributed by atoms with Gasteiger partial charge in [0.25, 0.3) is 0 Å². The molecule has 1 fully saturated rings. The zero-order chi connectivity index (χ0) is 19.1. The van der Waals surface area contributed by atoms with E-state index in [4.69, 9.17) is 10.5 Å². The summed E-state index contributed by atoms with van der Waals surface area (Å²) in [6, 6.07) is 15.2. The Balaban J connectivity index is 1.57. The first-order valence-corrected chi connectivity index (χ1v) is 9.25. The number of para-hydroxylation sites is 1. The number of nitrogen functional groups attached to an aromatic ring is 1. The second kappa shape index (κ2) is 6.53. The summed E-state index contributed by atoms with van der Waals surface area (Å²) < 4.78 is 5.99. The minimum absolute atomic E-state index is 0.412. The fourth-order valence-electron chi connectivity index (χ4n) is 3.25. The number of H-pyrrole nitrogens is 2. The lowest BCUT2D eigenvalue weighted by molar-refractivity contribution is 0.301. The van der Waals surface area contributed by atoms with Gasteiger partial charge in [0.1, 0.15) is 5.75 Å². The van der Waals surface area contributed by atoms with Gasteiger partial charge in [0.2, 0.25) is 0 Å². The van der Waals surface area contributed by atoms with E-state index in [9.17, 15) is 4.79 Å². The van der Waals surface area contributed by atoms with Crippen molar-refractivity contribution in [2.24, 2.45) is 5.92 Å². The fourth-order valence-corrected chi connectivity index (χ4v) is 3.25. The summed E-state index contributed by atoms with van der Waals surface area (Å²) in [6.45, 7) is 0.704. The highest BCUT2D eigenvalue weighted by Gasteiger charge is 2.22. The Labute approximate surface area is 160 Å². The molecule has 2 aromatic heterocycles. The molecule has 0 unspecified atom stereocenters. The predicted octanol–water partition coefficient (Wildman–Crippen LogP) is 3.35. The average Bonchev–Trinajstić information content (AvgIpc) is 3.48. The molecule has 1 aliphatic rings. The second-order valence-electron chi connectivity index (χ2n) is 7.10. The van der Waals surface area contributed by atoms with Crippen LogP contribution in [0.1, 0.15) is 12.8 Å². The van der Waals surface area contributed by atoms with Gasteiger partial charge in [-0.15, -0.1) is 0 Å². The fraction of sp³-hybridized carbons (Fsp3) is 0.190. The molecular weight excluding hydrogens is 354 g/mol. The summed E-state index contributed by atoms with van der Waals surface area (Å²) in [5.74, 6) is 1.82. The molecule has 0 spiro atoms. The standard InChI is InChI=1S/C21H19N5O2/c22-20-15-9-13(7-8-16(15)25-26-20)17-10-18(24-21(27)23-17)14-3-1-2-4-19(14)28-11-12-5-6-12/h1-4,7-10,12H,5-6,11H2,(H3,22,25,26)(H,23,24,27). The van der Waals surface area contributed by atoms with E-state index >= 15 is 0 Å². The summed E-state index contributed by atoms with van der Waals surface area (Å²) in [5.41, 5.74) is 9.21. The lowest BCUT2D eigenvalue weighted by Gasteiger charge is -2.12. The molecule has 0 aliphatic heterocycles. The molecule has 140 valence electrons. The quantitative estimate of drug-likeness (QED) is 0.497. The van der Waals surface area contributed by atoms with Crippen LogP contribution in [0.5, 0.6) is 5.75 Å². The number of rotatable bonds is 5.